The van der Waals surface area contributed by atoms with E-state index < -0.39 is 4.92 Å². The molecule has 3 aromatic rings. The topological polar surface area (TPSA) is 92.3 Å². The first-order valence-electron chi connectivity index (χ1n) is 6.44. The Bertz CT molecular complexity index is 831. The summed E-state index contributed by atoms with van der Waals surface area (Å²) < 4.78 is 4.96. The maximum atomic E-state index is 11.0. The quantitative estimate of drug-likeness (QED) is 0.528. The lowest BCUT2D eigenvalue weighted by molar-refractivity contribution is -0.385. The highest BCUT2D eigenvalue weighted by molar-refractivity contribution is 5.73. The lowest BCUT2D eigenvalue weighted by atomic mass is 10.2. The van der Waals surface area contributed by atoms with Crippen LogP contribution in [0, 0.1) is 10.1 Å². The number of methoxy groups -OCH3 is 1. The van der Waals surface area contributed by atoms with Gasteiger partial charge in [-0.2, -0.15) is 0 Å². The average Bonchev–Trinajstić information content (AvgIpc) is 2.96. The molecule has 0 aliphatic carbocycles. The van der Waals surface area contributed by atoms with E-state index in [1.165, 1.54) is 24.1 Å². The lowest BCUT2D eigenvalue weighted by Crippen LogP contribution is -2.13. The third-order valence-corrected chi connectivity index (χ3v) is 3.11. The number of nitro benzene ring substituents is 1. The van der Waals surface area contributed by atoms with Gasteiger partial charge >= 0.3 is 5.69 Å². The van der Waals surface area contributed by atoms with Crippen LogP contribution in [-0.4, -0.2) is 27.2 Å². The molecule has 0 unspecified atom stereocenters. The first-order chi connectivity index (χ1) is 10.7. The number of hydrogen-bond acceptors (Lipinski definition) is 6. The van der Waals surface area contributed by atoms with Crippen LogP contribution in [0.1, 0.15) is 5.56 Å². The molecule has 0 radical (unpaired) electrons. The first-order valence-corrected chi connectivity index (χ1v) is 6.44. The van der Waals surface area contributed by atoms with Gasteiger partial charge in [-0.05, 0) is 29.0 Å². The van der Waals surface area contributed by atoms with Crippen LogP contribution in [0.5, 0.6) is 5.75 Å². The number of rotatable bonds is 5. The Kier molecular flexibility index (Phi) is 3.57. The molecule has 112 valence electrons. The van der Waals surface area contributed by atoms with Crippen molar-refractivity contribution in [1.29, 1.82) is 0 Å². The van der Waals surface area contributed by atoms with E-state index >= 15 is 0 Å². The predicted molar refractivity (Wildman–Crippen MR) is 77.5 cm³/mol. The van der Waals surface area contributed by atoms with Gasteiger partial charge in [0.25, 0.3) is 0 Å². The molecule has 0 saturated carbocycles. The molecule has 0 atom stereocenters. The van der Waals surface area contributed by atoms with Crippen LogP contribution in [0.4, 0.5) is 5.69 Å². The van der Waals surface area contributed by atoms with Gasteiger partial charge in [-0.3, -0.25) is 10.1 Å². The summed E-state index contributed by atoms with van der Waals surface area (Å²) in [5, 5.41) is 18.8. The Balaban J connectivity index is 1.82. The predicted octanol–water partition coefficient (Wildman–Crippen LogP) is 1.98. The van der Waals surface area contributed by atoms with E-state index in [0.29, 0.717) is 11.1 Å². The first kappa shape index (κ1) is 13.8. The fourth-order valence-electron chi connectivity index (χ4n) is 2.05. The second-order valence-electron chi connectivity index (χ2n) is 4.49. The van der Waals surface area contributed by atoms with Crippen molar-refractivity contribution in [2.75, 3.05) is 7.11 Å². The summed E-state index contributed by atoms with van der Waals surface area (Å²) in [5.41, 5.74) is 1.97. The molecule has 0 bridgehead atoms. The van der Waals surface area contributed by atoms with Crippen molar-refractivity contribution in [2.24, 2.45) is 0 Å². The highest BCUT2D eigenvalue weighted by atomic mass is 16.7. The van der Waals surface area contributed by atoms with Gasteiger partial charge in [0.2, 0.25) is 0 Å². The second kappa shape index (κ2) is 5.68. The van der Waals surface area contributed by atoms with E-state index in [0.717, 1.165) is 5.52 Å². The molecule has 0 aliphatic rings. The minimum Gasteiger partial charge on any atom is -0.490 e. The van der Waals surface area contributed by atoms with Gasteiger partial charge in [0.05, 0.1) is 12.0 Å². The van der Waals surface area contributed by atoms with Crippen molar-refractivity contribution in [3.8, 4) is 5.75 Å². The van der Waals surface area contributed by atoms with Crippen LogP contribution in [0.3, 0.4) is 0 Å². The number of para-hydroxylation sites is 1. The van der Waals surface area contributed by atoms with Crippen LogP contribution >= 0.6 is 0 Å². The van der Waals surface area contributed by atoms with E-state index in [-0.39, 0.29) is 18.0 Å². The van der Waals surface area contributed by atoms with Crippen LogP contribution in [0.2, 0.25) is 0 Å². The van der Waals surface area contributed by atoms with Gasteiger partial charge in [-0.15, -0.1) is 5.10 Å². The Labute approximate surface area is 125 Å². The van der Waals surface area contributed by atoms with Crippen molar-refractivity contribution < 1.29 is 14.5 Å². The van der Waals surface area contributed by atoms with Gasteiger partial charge in [0.15, 0.2) is 5.75 Å². The third-order valence-electron chi connectivity index (χ3n) is 3.11. The largest absolute Gasteiger partial charge is 0.490 e. The zero-order valence-corrected chi connectivity index (χ0v) is 11.7. The highest BCUT2D eigenvalue weighted by Gasteiger charge is 2.15. The molecular formula is C14H12N4O4. The summed E-state index contributed by atoms with van der Waals surface area (Å²) >= 11 is 0. The second-order valence-corrected chi connectivity index (χ2v) is 4.49. The van der Waals surface area contributed by atoms with Crippen LogP contribution in [0.15, 0.2) is 42.5 Å². The van der Waals surface area contributed by atoms with E-state index in [1.807, 2.05) is 24.3 Å². The van der Waals surface area contributed by atoms with Crippen LogP contribution < -0.4 is 9.57 Å². The molecule has 22 heavy (non-hydrogen) atoms. The van der Waals surface area contributed by atoms with Crippen molar-refractivity contribution in [3.63, 3.8) is 0 Å². The Morgan fingerprint density at radius 2 is 2.09 bits per heavy atom. The zero-order valence-electron chi connectivity index (χ0n) is 11.7. The Morgan fingerprint density at radius 3 is 2.86 bits per heavy atom. The summed E-state index contributed by atoms with van der Waals surface area (Å²) in [5.74, 6) is 0.208. The van der Waals surface area contributed by atoms with E-state index in [2.05, 4.69) is 10.3 Å². The average molecular weight is 300 g/mol. The molecule has 0 fully saturated rings. The number of aromatic nitrogens is 3. The number of hydrogen-bond donors (Lipinski definition) is 0. The molecular weight excluding hydrogens is 288 g/mol. The minimum absolute atomic E-state index is 0.105. The number of fused-ring (bicyclic) bond motifs is 1. The standard InChI is InChI=1S/C14H12N4O4/c1-21-14-7-6-10(8-13(14)18(19)20)9-22-17-12-5-3-2-4-11(12)15-16-17/h2-8H,9H2,1H3. The summed E-state index contributed by atoms with van der Waals surface area (Å²) in [7, 11) is 1.39. The zero-order chi connectivity index (χ0) is 15.5. The number of nitro groups is 1. The molecule has 0 aliphatic heterocycles. The molecule has 0 N–H and O–H groups in total. The highest BCUT2D eigenvalue weighted by Crippen LogP contribution is 2.27. The Hall–Kier alpha value is -3.16. The number of ether oxygens (including phenoxy) is 1. The smallest absolute Gasteiger partial charge is 0.311 e. The molecule has 2 aromatic carbocycles. The molecule has 3 rings (SSSR count). The van der Waals surface area contributed by atoms with E-state index in [1.54, 1.807) is 6.07 Å². The van der Waals surface area contributed by atoms with Crippen LogP contribution in [-0.2, 0) is 6.61 Å². The van der Waals surface area contributed by atoms with E-state index in [9.17, 15) is 10.1 Å². The van der Waals surface area contributed by atoms with Crippen molar-refractivity contribution in [1.82, 2.24) is 15.2 Å². The van der Waals surface area contributed by atoms with Crippen molar-refractivity contribution in [2.45, 2.75) is 6.61 Å². The molecule has 8 nitrogen and oxygen atoms in total. The van der Waals surface area contributed by atoms with E-state index in [4.69, 9.17) is 9.57 Å². The molecule has 1 heterocycles. The van der Waals surface area contributed by atoms with Gasteiger partial charge in [-0.25, -0.2) is 0 Å². The van der Waals surface area contributed by atoms with Crippen molar-refractivity contribution in [3.05, 3.63) is 58.1 Å². The number of nitrogens with zero attached hydrogens (tertiary/aromatic N) is 4. The maximum absolute atomic E-state index is 11.0. The van der Waals surface area contributed by atoms with Gasteiger partial charge in [0, 0.05) is 6.07 Å². The number of benzene rings is 2. The van der Waals surface area contributed by atoms with Gasteiger partial charge < -0.3 is 9.57 Å². The van der Waals surface area contributed by atoms with Gasteiger partial charge in [-0.1, -0.05) is 23.0 Å². The summed E-state index contributed by atoms with van der Waals surface area (Å²) in [6, 6.07) is 12.0. The molecule has 1 aromatic heterocycles. The monoisotopic (exact) mass is 300 g/mol. The normalized spacial score (nSPS) is 10.6. The summed E-state index contributed by atoms with van der Waals surface area (Å²) in [4.78, 5) is 17.3. The minimum atomic E-state index is -0.493. The van der Waals surface area contributed by atoms with Crippen LogP contribution in [0.25, 0.3) is 11.0 Å². The SMILES string of the molecule is COc1ccc(COn2nnc3ccccc32)cc1[N+](=O)[O-]. The molecule has 0 saturated heterocycles. The lowest BCUT2D eigenvalue weighted by Gasteiger charge is -2.07. The molecule has 0 amide bonds. The third kappa shape index (κ3) is 2.53. The fourth-order valence-corrected chi connectivity index (χ4v) is 2.05. The summed E-state index contributed by atoms with van der Waals surface area (Å²) in [6.07, 6.45) is 0. The van der Waals surface area contributed by atoms with Crippen molar-refractivity contribution >= 4 is 16.7 Å². The Morgan fingerprint density at radius 1 is 1.27 bits per heavy atom. The molecule has 0 spiro atoms. The summed E-state index contributed by atoms with van der Waals surface area (Å²) in [6.45, 7) is 0.123. The molecule has 8 heteroatoms. The van der Waals surface area contributed by atoms with Gasteiger partial charge in [0.1, 0.15) is 17.6 Å². The maximum Gasteiger partial charge on any atom is 0.311 e. The fraction of sp³-hybridized carbons (Fsp3) is 0.143.